The molecule has 2 aliphatic heterocycles. The van der Waals surface area contributed by atoms with Crippen molar-refractivity contribution in [3.8, 4) is 6.07 Å². The Morgan fingerprint density at radius 3 is 2.39 bits per heavy atom. The lowest BCUT2D eigenvalue weighted by Crippen LogP contribution is -2.64. The Bertz CT molecular complexity index is 844. The van der Waals surface area contributed by atoms with Crippen LogP contribution in [0, 0.1) is 11.3 Å². The first-order valence-corrected chi connectivity index (χ1v) is 10.4. The molecule has 0 saturated carbocycles. The van der Waals surface area contributed by atoms with Gasteiger partial charge in [-0.2, -0.15) is 5.26 Å². The number of anilines is 1. The Kier molecular flexibility index (Phi) is 7.64. The Balaban J connectivity index is 1.75. The zero-order valence-electron chi connectivity index (χ0n) is 17.4. The van der Waals surface area contributed by atoms with Crippen LogP contribution in [0.15, 0.2) is 29.8 Å². The first kappa shape index (κ1) is 23.2. The molecule has 5 N–H and O–H groups in total. The number of ether oxygens (including phenoxy) is 1. The average molecular weight is 431 g/mol. The molecule has 31 heavy (non-hydrogen) atoms. The zero-order chi connectivity index (χ0) is 22.5. The number of piperidine rings is 1. The van der Waals surface area contributed by atoms with Gasteiger partial charge in [0.2, 0.25) is 0 Å². The van der Waals surface area contributed by atoms with Gasteiger partial charge in [0.05, 0.1) is 6.61 Å². The minimum atomic E-state index is -1.65. The van der Waals surface area contributed by atoms with Gasteiger partial charge in [-0.3, -0.25) is 4.79 Å². The standard InChI is InChI=1S/C22H29N3O6/c1-13(14-5-7-15(8-6-14)25-9-3-2-4-10-25)16(11-23)21(29)24-18-20(28)19(27)17(12-26)31-22(18)30/h5-8,17-20,22,26-28,30H,2-4,9-10,12H2,1H3,(H,24,29). The van der Waals surface area contributed by atoms with Crippen LogP contribution in [0.5, 0.6) is 0 Å². The summed E-state index contributed by atoms with van der Waals surface area (Å²) >= 11 is 0. The highest BCUT2D eigenvalue weighted by Crippen LogP contribution is 2.25. The zero-order valence-corrected chi connectivity index (χ0v) is 17.4. The van der Waals surface area contributed by atoms with E-state index in [1.165, 1.54) is 6.42 Å². The summed E-state index contributed by atoms with van der Waals surface area (Å²) in [5.41, 5.74) is 2.06. The summed E-state index contributed by atoms with van der Waals surface area (Å²) in [4.78, 5) is 15.0. The second kappa shape index (κ2) is 10.2. The van der Waals surface area contributed by atoms with E-state index in [1.54, 1.807) is 6.92 Å². The van der Waals surface area contributed by atoms with Crippen LogP contribution < -0.4 is 10.2 Å². The van der Waals surface area contributed by atoms with Crippen LogP contribution in [0.4, 0.5) is 5.69 Å². The number of allylic oxidation sites excluding steroid dienone is 1. The van der Waals surface area contributed by atoms with Crippen LogP contribution in [0.3, 0.4) is 0 Å². The van der Waals surface area contributed by atoms with Gasteiger partial charge >= 0.3 is 0 Å². The Morgan fingerprint density at radius 2 is 1.81 bits per heavy atom. The van der Waals surface area contributed by atoms with Crippen LogP contribution in [0.25, 0.3) is 5.57 Å². The lowest BCUT2D eigenvalue weighted by molar-refractivity contribution is -0.253. The second-order valence-corrected chi connectivity index (χ2v) is 7.93. The molecule has 5 unspecified atom stereocenters. The quantitative estimate of drug-likeness (QED) is 0.321. The fourth-order valence-electron chi connectivity index (χ4n) is 4.00. The van der Waals surface area contributed by atoms with Crippen molar-refractivity contribution in [3.05, 3.63) is 35.4 Å². The highest BCUT2D eigenvalue weighted by Gasteiger charge is 2.44. The van der Waals surface area contributed by atoms with E-state index in [1.807, 2.05) is 30.3 Å². The SMILES string of the molecule is CC(=C(C#N)C(=O)NC1C(O)OC(CO)C(O)C1O)c1ccc(N2CCCCC2)cc1. The number of nitrogens with one attached hydrogen (secondary N) is 1. The highest BCUT2D eigenvalue weighted by molar-refractivity contribution is 6.04. The number of hydrogen-bond donors (Lipinski definition) is 5. The molecule has 0 aromatic heterocycles. The molecule has 0 radical (unpaired) electrons. The van der Waals surface area contributed by atoms with E-state index in [4.69, 9.17) is 9.84 Å². The number of carbonyl (C=O) groups is 1. The molecule has 2 fully saturated rings. The van der Waals surface area contributed by atoms with Crippen LogP contribution in [-0.2, 0) is 9.53 Å². The minimum absolute atomic E-state index is 0.177. The van der Waals surface area contributed by atoms with Crippen LogP contribution in [0.2, 0.25) is 0 Å². The second-order valence-electron chi connectivity index (χ2n) is 7.93. The summed E-state index contributed by atoms with van der Waals surface area (Å²) in [7, 11) is 0. The number of nitriles is 1. The normalized spacial score (nSPS) is 29.7. The van der Waals surface area contributed by atoms with E-state index in [0.29, 0.717) is 11.1 Å². The van der Waals surface area contributed by atoms with E-state index in [-0.39, 0.29) is 5.57 Å². The molecule has 9 nitrogen and oxygen atoms in total. The molecular weight excluding hydrogens is 402 g/mol. The van der Waals surface area contributed by atoms with Crippen molar-refractivity contribution in [2.75, 3.05) is 24.6 Å². The molecule has 2 aliphatic rings. The summed E-state index contributed by atoms with van der Waals surface area (Å²) in [5, 5.41) is 51.3. The third-order valence-electron chi connectivity index (χ3n) is 5.93. The van der Waals surface area contributed by atoms with Crippen molar-refractivity contribution in [1.82, 2.24) is 5.32 Å². The molecule has 1 aromatic rings. The van der Waals surface area contributed by atoms with Crippen molar-refractivity contribution in [3.63, 3.8) is 0 Å². The monoisotopic (exact) mass is 431 g/mol. The van der Waals surface area contributed by atoms with Gasteiger partial charge in [-0.15, -0.1) is 0 Å². The van der Waals surface area contributed by atoms with Gasteiger partial charge in [0.15, 0.2) is 6.29 Å². The number of rotatable bonds is 5. The van der Waals surface area contributed by atoms with Crippen LogP contribution >= 0.6 is 0 Å². The molecule has 3 rings (SSSR count). The fraction of sp³-hybridized carbons (Fsp3) is 0.545. The van der Waals surface area contributed by atoms with Crippen molar-refractivity contribution >= 4 is 17.2 Å². The number of aliphatic hydroxyl groups excluding tert-OH is 4. The third-order valence-corrected chi connectivity index (χ3v) is 5.93. The molecule has 5 atom stereocenters. The van der Waals surface area contributed by atoms with Gasteiger partial charge in [0, 0.05) is 18.8 Å². The van der Waals surface area contributed by atoms with Gasteiger partial charge in [0.1, 0.15) is 36.0 Å². The number of aliphatic hydroxyl groups is 4. The van der Waals surface area contributed by atoms with Gasteiger partial charge in [0.25, 0.3) is 5.91 Å². The highest BCUT2D eigenvalue weighted by atomic mass is 16.6. The molecule has 9 heteroatoms. The molecule has 1 aromatic carbocycles. The van der Waals surface area contributed by atoms with Gasteiger partial charge < -0.3 is 35.4 Å². The molecule has 0 aliphatic carbocycles. The maximum absolute atomic E-state index is 12.7. The van der Waals surface area contributed by atoms with E-state index in [2.05, 4.69) is 10.2 Å². The Morgan fingerprint density at radius 1 is 1.16 bits per heavy atom. The topological polar surface area (TPSA) is 146 Å². The summed E-state index contributed by atoms with van der Waals surface area (Å²) in [5.74, 6) is -0.804. The smallest absolute Gasteiger partial charge is 0.262 e. The molecule has 1 amide bonds. The summed E-state index contributed by atoms with van der Waals surface area (Å²) in [6.07, 6.45) is -2.34. The first-order chi connectivity index (χ1) is 14.9. The number of benzene rings is 1. The van der Waals surface area contributed by atoms with E-state index < -0.39 is 43.2 Å². The predicted octanol–water partition coefficient (Wildman–Crippen LogP) is -0.110. The largest absolute Gasteiger partial charge is 0.394 e. The maximum atomic E-state index is 12.7. The van der Waals surface area contributed by atoms with E-state index in [0.717, 1.165) is 31.6 Å². The fourth-order valence-corrected chi connectivity index (χ4v) is 4.00. The number of amides is 1. The average Bonchev–Trinajstić information content (AvgIpc) is 2.80. The number of carbonyl (C=O) groups excluding carboxylic acids is 1. The Hall–Kier alpha value is -2.48. The summed E-state index contributed by atoms with van der Waals surface area (Å²) in [6.45, 7) is 3.06. The number of hydrogen-bond acceptors (Lipinski definition) is 8. The molecule has 0 spiro atoms. The molecule has 2 heterocycles. The lowest BCUT2D eigenvalue weighted by atomic mass is 9.96. The predicted molar refractivity (Wildman–Crippen MR) is 113 cm³/mol. The lowest BCUT2D eigenvalue weighted by Gasteiger charge is -2.40. The van der Waals surface area contributed by atoms with E-state index in [9.17, 15) is 25.4 Å². The minimum Gasteiger partial charge on any atom is -0.394 e. The van der Waals surface area contributed by atoms with Crippen molar-refractivity contribution in [2.45, 2.75) is 56.8 Å². The molecule has 2 saturated heterocycles. The van der Waals surface area contributed by atoms with E-state index >= 15 is 0 Å². The summed E-state index contributed by atoms with van der Waals surface area (Å²) in [6, 6.07) is 8.16. The number of nitrogens with zero attached hydrogens (tertiary/aromatic N) is 2. The van der Waals surface area contributed by atoms with Crippen LogP contribution in [-0.4, -0.2) is 76.7 Å². The van der Waals surface area contributed by atoms with Crippen molar-refractivity contribution in [2.24, 2.45) is 0 Å². The van der Waals surface area contributed by atoms with Crippen molar-refractivity contribution < 1.29 is 30.0 Å². The van der Waals surface area contributed by atoms with Gasteiger partial charge in [-0.1, -0.05) is 12.1 Å². The Labute approximate surface area is 181 Å². The van der Waals surface area contributed by atoms with Crippen molar-refractivity contribution in [1.29, 1.82) is 5.26 Å². The first-order valence-electron chi connectivity index (χ1n) is 10.4. The van der Waals surface area contributed by atoms with Gasteiger partial charge in [-0.05, 0) is 49.5 Å². The third kappa shape index (κ3) is 5.06. The van der Waals surface area contributed by atoms with Crippen LogP contribution in [0.1, 0.15) is 31.7 Å². The maximum Gasteiger partial charge on any atom is 0.262 e. The molecular formula is C22H29N3O6. The molecule has 0 bridgehead atoms. The summed E-state index contributed by atoms with van der Waals surface area (Å²) < 4.78 is 5.04. The van der Waals surface area contributed by atoms with Gasteiger partial charge in [-0.25, -0.2) is 0 Å². The molecule has 168 valence electrons.